The van der Waals surface area contributed by atoms with E-state index in [1.54, 1.807) is 24.3 Å². The van der Waals surface area contributed by atoms with Gasteiger partial charge in [0.2, 0.25) is 0 Å². The Labute approximate surface area is 198 Å². The molecule has 0 saturated heterocycles. The van der Waals surface area contributed by atoms with Crippen LogP contribution in [-0.2, 0) is 26.2 Å². The molecule has 1 aliphatic heterocycles. The van der Waals surface area contributed by atoms with Crippen molar-refractivity contribution in [1.82, 2.24) is 4.72 Å². The third kappa shape index (κ3) is 4.70. The number of nitrogens with one attached hydrogen (secondary N) is 1. The van der Waals surface area contributed by atoms with E-state index in [9.17, 15) is 18.5 Å². The minimum atomic E-state index is -3.69. The lowest BCUT2D eigenvalue weighted by Gasteiger charge is -2.16. The highest BCUT2D eigenvalue weighted by Crippen LogP contribution is 2.25. The number of fused-ring (bicyclic) bond motifs is 1. The summed E-state index contributed by atoms with van der Waals surface area (Å²) in [4.78, 5) is 17.4. The number of amidine groups is 1. The number of benzene rings is 3. The summed E-state index contributed by atoms with van der Waals surface area (Å²) in [6, 6.07) is 22.6. The molecule has 3 aromatic rings. The van der Waals surface area contributed by atoms with E-state index in [0.717, 1.165) is 16.7 Å². The normalized spacial score (nSPS) is 15.9. The molecule has 4 rings (SSSR count). The van der Waals surface area contributed by atoms with E-state index < -0.39 is 22.0 Å². The van der Waals surface area contributed by atoms with Gasteiger partial charge in [0.05, 0.1) is 16.5 Å². The lowest BCUT2D eigenvalue weighted by Crippen LogP contribution is -2.31. The second kappa shape index (κ2) is 9.49. The van der Waals surface area contributed by atoms with Gasteiger partial charge in [-0.05, 0) is 40.8 Å². The first kappa shape index (κ1) is 23.2. The lowest BCUT2D eigenvalue weighted by molar-refractivity contribution is -0.147. The van der Waals surface area contributed by atoms with E-state index >= 15 is 0 Å². The summed E-state index contributed by atoms with van der Waals surface area (Å²) in [5.74, 6) is -0.598. The fourth-order valence-electron chi connectivity index (χ4n) is 3.70. The number of nitrogens with zero attached hydrogens (tertiary/aromatic N) is 2. The molecule has 0 fully saturated rings. The van der Waals surface area contributed by atoms with Gasteiger partial charge in [0.25, 0.3) is 10.0 Å². The number of rotatable bonds is 6. The summed E-state index contributed by atoms with van der Waals surface area (Å²) in [7, 11) is -3.69. The van der Waals surface area contributed by atoms with Crippen LogP contribution in [0.2, 0.25) is 0 Å². The molecule has 0 unspecified atom stereocenters. The molecular formula is C26H23N3O4S. The zero-order valence-electron chi connectivity index (χ0n) is 18.7. The average Bonchev–Trinajstić information content (AvgIpc) is 3.11. The third-order valence-corrected chi connectivity index (χ3v) is 6.89. The van der Waals surface area contributed by atoms with Crippen LogP contribution in [0.25, 0.3) is 11.1 Å². The minimum absolute atomic E-state index is 0.0510. The van der Waals surface area contributed by atoms with Crippen molar-refractivity contribution in [3.8, 4) is 17.2 Å². The SMILES string of the molecule is CC(C)[C@@H](N=C1NS(=O)(=O)c2ccccc21)C(=O)OCc1ccc(-c2ccccc2C#N)cc1. The molecule has 34 heavy (non-hydrogen) atoms. The van der Waals surface area contributed by atoms with Crippen molar-refractivity contribution in [1.29, 1.82) is 5.26 Å². The zero-order chi connectivity index (χ0) is 24.3. The van der Waals surface area contributed by atoms with Crippen LogP contribution in [-0.4, -0.2) is 26.3 Å². The van der Waals surface area contributed by atoms with Crippen molar-refractivity contribution in [2.75, 3.05) is 0 Å². The van der Waals surface area contributed by atoms with Crippen LogP contribution in [0, 0.1) is 17.2 Å². The molecule has 0 spiro atoms. The van der Waals surface area contributed by atoms with Gasteiger partial charge in [-0.1, -0.05) is 68.4 Å². The smallest absolute Gasteiger partial charge is 0.331 e. The minimum Gasteiger partial charge on any atom is -0.459 e. The van der Waals surface area contributed by atoms with E-state index in [1.807, 2.05) is 56.3 Å². The molecule has 1 heterocycles. The second-order valence-electron chi connectivity index (χ2n) is 8.23. The number of carbonyl (C=O) groups excluding carboxylic acids is 1. The molecular weight excluding hydrogens is 450 g/mol. The largest absolute Gasteiger partial charge is 0.459 e. The van der Waals surface area contributed by atoms with Gasteiger partial charge in [-0.3, -0.25) is 9.71 Å². The molecule has 0 amide bonds. The number of ether oxygens (including phenoxy) is 1. The Bertz CT molecular complexity index is 1400. The van der Waals surface area contributed by atoms with Crippen molar-refractivity contribution in [3.05, 3.63) is 89.5 Å². The summed E-state index contributed by atoms with van der Waals surface area (Å²) in [6.45, 7) is 3.70. The Kier molecular flexibility index (Phi) is 6.48. The second-order valence-corrected chi connectivity index (χ2v) is 9.88. The average molecular weight is 474 g/mol. The summed E-state index contributed by atoms with van der Waals surface area (Å²) in [5.41, 5.74) is 3.54. The van der Waals surface area contributed by atoms with E-state index in [0.29, 0.717) is 11.1 Å². The Morgan fingerprint density at radius 3 is 2.32 bits per heavy atom. The molecule has 1 atom stereocenters. The molecule has 0 aromatic heterocycles. The monoisotopic (exact) mass is 473 g/mol. The number of hydrogen-bond acceptors (Lipinski definition) is 6. The fraction of sp³-hybridized carbons (Fsp3) is 0.192. The molecule has 1 aliphatic rings. The topological polar surface area (TPSA) is 109 Å². The number of aliphatic imine (C=N–C) groups is 1. The van der Waals surface area contributed by atoms with Crippen LogP contribution in [0.3, 0.4) is 0 Å². The van der Waals surface area contributed by atoms with Crippen LogP contribution in [0.1, 0.15) is 30.5 Å². The molecule has 8 heteroatoms. The highest BCUT2D eigenvalue weighted by molar-refractivity contribution is 7.90. The number of nitriles is 1. The predicted molar refractivity (Wildman–Crippen MR) is 128 cm³/mol. The molecule has 3 aromatic carbocycles. The summed E-state index contributed by atoms with van der Waals surface area (Å²) in [5, 5.41) is 9.31. The van der Waals surface area contributed by atoms with Gasteiger partial charge in [0.15, 0.2) is 6.04 Å². The first-order valence-electron chi connectivity index (χ1n) is 10.8. The van der Waals surface area contributed by atoms with E-state index in [-0.39, 0.29) is 23.3 Å². The van der Waals surface area contributed by atoms with Crippen LogP contribution in [0.15, 0.2) is 82.7 Å². The molecule has 0 saturated carbocycles. The van der Waals surface area contributed by atoms with Crippen LogP contribution in [0.5, 0.6) is 0 Å². The van der Waals surface area contributed by atoms with Gasteiger partial charge in [0.1, 0.15) is 12.4 Å². The van der Waals surface area contributed by atoms with Crippen molar-refractivity contribution in [2.45, 2.75) is 31.4 Å². The third-order valence-electron chi connectivity index (χ3n) is 5.50. The predicted octanol–water partition coefficient (Wildman–Crippen LogP) is 4.03. The summed E-state index contributed by atoms with van der Waals surface area (Å²) >= 11 is 0. The van der Waals surface area contributed by atoms with Crippen LogP contribution < -0.4 is 4.72 Å². The van der Waals surface area contributed by atoms with Gasteiger partial charge in [-0.25, -0.2) is 13.2 Å². The number of carbonyl (C=O) groups is 1. The molecule has 1 N–H and O–H groups in total. The van der Waals surface area contributed by atoms with Crippen molar-refractivity contribution < 1.29 is 17.9 Å². The quantitative estimate of drug-likeness (QED) is 0.544. The molecule has 0 aliphatic carbocycles. The molecule has 7 nitrogen and oxygen atoms in total. The van der Waals surface area contributed by atoms with Crippen molar-refractivity contribution >= 4 is 21.8 Å². The van der Waals surface area contributed by atoms with Crippen molar-refractivity contribution in [2.24, 2.45) is 10.9 Å². The molecule has 0 bridgehead atoms. The summed E-state index contributed by atoms with van der Waals surface area (Å²) < 4.78 is 32.6. The highest BCUT2D eigenvalue weighted by atomic mass is 32.2. The van der Waals surface area contributed by atoms with Gasteiger partial charge in [0, 0.05) is 5.56 Å². The maximum Gasteiger partial charge on any atom is 0.331 e. The first-order valence-corrected chi connectivity index (χ1v) is 12.2. The Morgan fingerprint density at radius 1 is 1.00 bits per heavy atom. The Balaban J connectivity index is 1.48. The van der Waals surface area contributed by atoms with Gasteiger partial charge >= 0.3 is 5.97 Å². The molecule has 172 valence electrons. The first-order chi connectivity index (χ1) is 16.3. The van der Waals surface area contributed by atoms with Crippen LogP contribution >= 0.6 is 0 Å². The number of sulfonamides is 1. The van der Waals surface area contributed by atoms with E-state index in [2.05, 4.69) is 15.8 Å². The zero-order valence-corrected chi connectivity index (χ0v) is 19.5. The standard InChI is InChI=1S/C26H23N3O4S/c1-17(2)24(28-25-22-9-5-6-10-23(22)34(31,32)29-25)26(30)33-16-18-11-13-19(14-12-18)21-8-4-3-7-20(21)15-27/h3-14,17,24H,16H2,1-2H3,(H,28,29)/t24-/m1/s1. The maximum absolute atomic E-state index is 12.8. The number of esters is 1. The Morgan fingerprint density at radius 2 is 1.65 bits per heavy atom. The lowest BCUT2D eigenvalue weighted by atomic mass is 9.99. The van der Waals surface area contributed by atoms with E-state index in [4.69, 9.17) is 4.74 Å². The maximum atomic E-state index is 12.8. The van der Waals surface area contributed by atoms with Crippen molar-refractivity contribution in [3.63, 3.8) is 0 Å². The Hall–Kier alpha value is -3.96. The summed E-state index contributed by atoms with van der Waals surface area (Å²) in [6.07, 6.45) is 0. The number of hydrogen-bond donors (Lipinski definition) is 1. The van der Waals surface area contributed by atoms with E-state index in [1.165, 1.54) is 6.07 Å². The molecule has 0 radical (unpaired) electrons. The van der Waals surface area contributed by atoms with Gasteiger partial charge < -0.3 is 4.74 Å². The van der Waals surface area contributed by atoms with Crippen LogP contribution in [0.4, 0.5) is 0 Å². The highest BCUT2D eigenvalue weighted by Gasteiger charge is 2.33. The van der Waals surface area contributed by atoms with Gasteiger partial charge in [-0.15, -0.1) is 0 Å². The van der Waals surface area contributed by atoms with Gasteiger partial charge in [-0.2, -0.15) is 5.26 Å². The fourth-order valence-corrected chi connectivity index (χ4v) is 4.93.